The third-order valence-corrected chi connectivity index (χ3v) is 5.02. The normalized spacial score (nSPS) is 14.4. The lowest BCUT2D eigenvalue weighted by atomic mass is 9.88. The van der Waals surface area contributed by atoms with Gasteiger partial charge in [-0.05, 0) is 35.7 Å². The summed E-state index contributed by atoms with van der Waals surface area (Å²) in [6, 6.07) is 0. The first-order valence-corrected chi connectivity index (χ1v) is 9.39. The molecule has 0 aliphatic carbocycles. The minimum atomic E-state index is -2.86. The first-order chi connectivity index (χ1) is 10.9. The molecule has 1 unspecified atom stereocenters. The molecule has 23 heavy (non-hydrogen) atoms. The zero-order valence-corrected chi connectivity index (χ0v) is 15.9. The molecule has 0 radical (unpaired) electrons. The minimum absolute atomic E-state index is 0.0845. The number of hydrogen-bond acceptors (Lipinski definition) is 1. The Kier molecular flexibility index (Phi) is 8.65. The van der Waals surface area contributed by atoms with Crippen molar-refractivity contribution in [3.63, 3.8) is 0 Å². The van der Waals surface area contributed by atoms with Crippen molar-refractivity contribution < 1.29 is 13.2 Å². The zero-order valence-electron chi connectivity index (χ0n) is 14.3. The Balaban J connectivity index is 2.94. The van der Waals surface area contributed by atoms with Crippen molar-refractivity contribution in [2.75, 3.05) is 0 Å². The van der Waals surface area contributed by atoms with E-state index in [0.29, 0.717) is 0 Å². The van der Waals surface area contributed by atoms with Crippen LogP contribution in [0.15, 0.2) is 4.60 Å². The average Bonchev–Trinajstić information content (AvgIpc) is 2.80. The highest BCUT2D eigenvalue weighted by Crippen LogP contribution is 2.36. The molecule has 0 N–H and O–H groups in total. The SMILES string of the molecule is CCCCCCCC(C)(CCCC)n1nc(Br)c(C(F)F)c1F. The van der Waals surface area contributed by atoms with Gasteiger partial charge in [-0.3, -0.25) is 0 Å². The molecule has 0 amide bonds. The highest BCUT2D eigenvalue weighted by atomic mass is 79.9. The van der Waals surface area contributed by atoms with E-state index in [9.17, 15) is 13.2 Å². The van der Waals surface area contributed by atoms with Crippen LogP contribution in [0.4, 0.5) is 13.2 Å². The molecule has 0 saturated carbocycles. The fourth-order valence-electron chi connectivity index (χ4n) is 2.93. The summed E-state index contributed by atoms with van der Waals surface area (Å²) >= 11 is 2.98. The highest BCUT2D eigenvalue weighted by Gasteiger charge is 2.34. The Hall–Kier alpha value is -0.520. The fraction of sp³-hybridized carbons (Fsp3) is 0.824. The van der Waals surface area contributed by atoms with Gasteiger partial charge in [0.25, 0.3) is 6.43 Å². The number of halogens is 4. The monoisotopic (exact) mass is 396 g/mol. The molecule has 134 valence electrons. The van der Waals surface area contributed by atoms with Crippen molar-refractivity contribution >= 4 is 15.9 Å². The van der Waals surface area contributed by atoms with Crippen LogP contribution in [0.2, 0.25) is 0 Å². The van der Waals surface area contributed by atoms with Crippen molar-refractivity contribution in [3.8, 4) is 0 Å². The molecule has 0 bridgehead atoms. The fourth-order valence-corrected chi connectivity index (χ4v) is 3.42. The molecule has 1 rings (SSSR count). The van der Waals surface area contributed by atoms with E-state index in [1.54, 1.807) is 0 Å². The standard InChI is InChI=1S/C17H28BrF3N2/c1-4-6-8-9-10-12-17(3,11-7-5-2)23-16(21)13(15(19)20)14(18)22-23/h15H,4-12H2,1-3H3. The molecule has 0 aliphatic heterocycles. The summed E-state index contributed by atoms with van der Waals surface area (Å²) in [6.45, 7) is 6.16. The molecule has 0 saturated heterocycles. The van der Waals surface area contributed by atoms with Crippen LogP contribution in [0.25, 0.3) is 0 Å². The lowest BCUT2D eigenvalue weighted by molar-refractivity contribution is 0.140. The van der Waals surface area contributed by atoms with Crippen molar-refractivity contribution in [2.45, 2.75) is 90.5 Å². The smallest absolute Gasteiger partial charge is 0.232 e. The molecule has 1 atom stereocenters. The molecule has 6 heteroatoms. The molecular formula is C17H28BrF3N2. The molecule has 0 spiro atoms. The summed E-state index contributed by atoms with van der Waals surface area (Å²) in [5, 5.41) is 4.05. The maximum Gasteiger partial charge on any atom is 0.270 e. The van der Waals surface area contributed by atoms with Gasteiger partial charge in [0.1, 0.15) is 10.2 Å². The van der Waals surface area contributed by atoms with Crippen LogP contribution < -0.4 is 0 Å². The van der Waals surface area contributed by atoms with E-state index >= 15 is 0 Å². The number of nitrogens with zero attached hydrogens (tertiary/aromatic N) is 2. The minimum Gasteiger partial charge on any atom is -0.232 e. The predicted molar refractivity (Wildman–Crippen MR) is 91.4 cm³/mol. The van der Waals surface area contributed by atoms with Gasteiger partial charge in [-0.2, -0.15) is 9.49 Å². The van der Waals surface area contributed by atoms with Crippen LogP contribution in [-0.4, -0.2) is 9.78 Å². The molecule has 0 aromatic carbocycles. The van der Waals surface area contributed by atoms with Gasteiger partial charge in [-0.1, -0.05) is 58.8 Å². The Bertz CT molecular complexity index is 477. The maximum absolute atomic E-state index is 14.5. The molecule has 0 fully saturated rings. The van der Waals surface area contributed by atoms with Crippen LogP contribution in [0.5, 0.6) is 0 Å². The van der Waals surface area contributed by atoms with Crippen molar-refractivity contribution in [1.29, 1.82) is 0 Å². The summed E-state index contributed by atoms with van der Waals surface area (Å²) in [4.78, 5) is 0. The van der Waals surface area contributed by atoms with E-state index in [1.165, 1.54) is 17.5 Å². The van der Waals surface area contributed by atoms with Gasteiger partial charge in [-0.25, -0.2) is 13.5 Å². The van der Waals surface area contributed by atoms with Crippen molar-refractivity contribution in [3.05, 3.63) is 16.1 Å². The second-order valence-electron chi connectivity index (χ2n) is 6.47. The van der Waals surface area contributed by atoms with Crippen LogP contribution in [-0.2, 0) is 5.54 Å². The first-order valence-electron chi connectivity index (χ1n) is 8.60. The van der Waals surface area contributed by atoms with Gasteiger partial charge in [-0.15, -0.1) is 0 Å². The van der Waals surface area contributed by atoms with Gasteiger partial charge < -0.3 is 0 Å². The van der Waals surface area contributed by atoms with Gasteiger partial charge >= 0.3 is 0 Å². The van der Waals surface area contributed by atoms with E-state index < -0.39 is 23.5 Å². The predicted octanol–water partition coefficient (Wildman–Crippen LogP) is 6.99. The molecule has 1 heterocycles. The van der Waals surface area contributed by atoms with E-state index in [0.717, 1.165) is 44.9 Å². The lowest BCUT2D eigenvalue weighted by Crippen LogP contribution is -2.33. The van der Waals surface area contributed by atoms with E-state index in [1.807, 2.05) is 6.92 Å². The van der Waals surface area contributed by atoms with Crippen LogP contribution >= 0.6 is 15.9 Å². The highest BCUT2D eigenvalue weighted by molar-refractivity contribution is 9.10. The van der Waals surface area contributed by atoms with Crippen LogP contribution in [0, 0.1) is 5.95 Å². The number of alkyl halides is 2. The van der Waals surface area contributed by atoms with Crippen molar-refractivity contribution in [2.24, 2.45) is 0 Å². The molecule has 2 nitrogen and oxygen atoms in total. The number of aromatic nitrogens is 2. The summed E-state index contributed by atoms with van der Waals surface area (Å²) in [7, 11) is 0. The molecule has 0 aliphatic rings. The van der Waals surface area contributed by atoms with Gasteiger partial charge in [0.05, 0.1) is 5.54 Å². The summed E-state index contributed by atoms with van der Waals surface area (Å²) < 4.78 is 41.6. The average molecular weight is 397 g/mol. The zero-order chi connectivity index (χ0) is 17.5. The molecule has 1 aromatic heterocycles. The Morgan fingerprint density at radius 2 is 1.61 bits per heavy atom. The number of hydrogen-bond donors (Lipinski definition) is 0. The lowest BCUT2D eigenvalue weighted by Gasteiger charge is -2.30. The Labute approximate surface area is 146 Å². The van der Waals surface area contributed by atoms with E-state index in [-0.39, 0.29) is 4.60 Å². The third kappa shape index (κ3) is 5.50. The number of rotatable bonds is 11. The van der Waals surface area contributed by atoms with Gasteiger partial charge in [0.2, 0.25) is 5.95 Å². The van der Waals surface area contributed by atoms with Crippen LogP contribution in [0.3, 0.4) is 0 Å². The Morgan fingerprint density at radius 1 is 1.04 bits per heavy atom. The van der Waals surface area contributed by atoms with Crippen molar-refractivity contribution in [1.82, 2.24) is 9.78 Å². The van der Waals surface area contributed by atoms with E-state index in [2.05, 4.69) is 34.9 Å². The second-order valence-corrected chi connectivity index (χ2v) is 7.22. The topological polar surface area (TPSA) is 17.8 Å². The summed E-state index contributed by atoms with van der Waals surface area (Å²) in [6.07, 6.45) is 6.11. The maximum atomic E-state index is 14.5. The Morgan fingerprint density at radius 3 is 2.13 bits per heavy atom. The van der Waals surface area contributed by atoms with Gasteiger partial charge in [0, 0.05) is 0 Å². The quantitative estimate of drug-likeness (QED) is 0.368. The largest absolute Gasteiger partial charge is 0.270 e. The summed E-state index contributed by atoms with van der Waals surface area (Å²) in [5.41, 5.74) is -1.18. The van der Waals surface area contributed by atoms with Crippen LogP contribution in [0.1, 0.15) is 90.5 Å². The first kappa shape index (κ1) is 20.5. The third-order valence-electron chi connectivity index (χ3n) is 4.44. The molecular weight excluding hydrogens is 369 g/mol. The summed E-state index contributed by atoms with van der Waals surface area (Å²) in [5.74, 6) is -0.904. The van der Waals surface area contributed by atoms with Gasteiger partial charge in [0.15, 0.2) is 0 Å². The second kappa shape index (κ2) is 9.70. The number of unbranched alkanes of at least 4 members (excludes halogenated alkanes) is 5. The van der Waals surface area contributed by atoms with E-state index in [4.69, 9.17) is 0 Å². The molecule has 1 aromatic rings.